The van der Waals surface area contributed by atoms with Crippen LogP contribution in [0.4, 0.5) is 0 Å². The molecule has 1 aliphatic rings. The fraction of sp³-hybridized carbons (Fsp3) is 0.409. The van der Waals surface area contributed by atoms with E-state index in [1.807, 2.05) is 35.2 Å². The zero-order chi connectivity index (χ0) is 19.2. The van der Waals surface area contributed by atoms with E-state index < -0.39 is 0 Å². The van der Waals surface area contributed by atoms with Gasteiger partial charge in [-0.2, -0.15) is 0 Å². The minimum atomic E-state index is -0.188. The minimum absolute atomic E-state index is 0.108. The van der Waals surface area contributed by atoms with E-state index in [-0.39, 0.29) is 11.8 Å². The van der Waals surface area contributed by atoms with Crippen molar-refractivity contribution in [1.29, 1.82) is 0 Å². The number of rotatable bonds is 7. The first-order chi connectivity index (χ1) is 13.1. The van der Waals surface area contributed by atoms with Gasteiger partial charge >= 0.3 is 0 Å². The van der Waals surface area contributed by atoms with Gasteiger partial charge in [-0.15, -0.1) is 0 Å². The van der Waals surface area contributed by atoms with Crippen LogP contribution >= 0.6 is 0 Å². The van der Waals surface area contributed by atoms with Crippen LogP contribution in [0.3, 0.4) is 0 Å². The Hall–Kier alpha value is -2.53. The van der Waals surface area contributed by atoms with Crippen LogP contribution in [0.2, 0.25) is 0 Å². The van der Waals surface area contributed by atoms with Crippen LogP contribution < -0.4 is 9.47 Å². The van der Waals surface area contributed by atoms with Crippen LogP contribution in [0.15, 0.2) is 42.5 Å². The summed E-state index contributed by atoms with van der Waals surface area (Å²) in [5, 5.41) is 0. The van der Waals surface area contributed by atoms with Gasteiger partial charge < -0.3 is 19.1 Å². The van der Waals surface area contributed by atoms with Crippen LogP contribution in [0, 0.1) is 12.8 Å². The van der Waals surface area contributed by atoms with Gasteiger partial charge in [0.25, 0.3) is 0 Å². The van der Waals surface area contributed by atoms with Gasteiger partial charge in [0, 0.05) is 26.3 Å². The first kappa shape index (κ1) is 19.2. The van der Waals surface area contributed by atoms with Crippen molar-refractivity contribution in [2.75, 3.05) is 34.0 Å². The number of benzene rings is 2. The minimum Gasteiger partial charge on any atom is -0.497 e. The number of aryl methyl sites for hydroxylation is 1. The Labute approximate surface area is 160 Å². The molecule has 27 heavy (non-hydrogen) atoms. The number of amides is 1. The Balaban J connectivity index is 1.74. The quantitative estimate of drug-likeness (QED) is 0.752. The normalized spacial score (nSPS) is 15.6. The molecule has 0 bridgehead atoms. The van der Waals surface area contributed by atoms with E-state index in [0.717, 1.165) is 22.6 Å². The predicted octanol–water partition coefficient (Wildman–Crippen LogP) is 3.23. The van der Waals surface area contributed by atoms with Crippen molar-refractivity contribution in [3.05, 3.63) is 59.2 Å². The van der Waals surface area contributed by atoms with Gasteiger partial charge in [-0.25, -0.2) is 0 Å². The number of fused-ring (bicyclic) bond motifs is 1. The van der Waals surface area contributed by atoms with E-state index >= 15 is 0 Å². The lowest BCUT2D eigenvalue weighted by Gasteiger charge is -2.31. The molecule has 5 heteroatoms. The molecule has 1 atom stereocenters. The summed E-state index contributed by atoms with van der Waals surface area (Å²) in [5.41, 5.74) is 3.39. The van der Waals surface area contributed by atoms with Crippen LogP contribution in [0.25, 0.3) is 0 Å². The van der Waals surface area contributed by atoms with Gasteiger partial charge in [-0.1, -0.05) is 30.3 Å². The summed E-state index contributed by atoms with van der Waals surface area (Å²) in [6.45, 7) is 4.12. The Morgan fingerprint density at radius 3 is 2.78 bits per heavy atom. The highest BCUT2D eigenvalue weighted by atomic mass is 16.5. The molecule has 1 amide bonds. The average molecular weight is 369 g/mol. The Morgan fingerprint density at radius 2 is 2.04 bits per heavy atom. The topological polar surface area (TPSA) is 48.0 Å². The van der Waals surface area contributed by atoms with Crippen LogP contribution in [0.1, 0.15) is 16.7 Å². The number of methoxy groups -OCH3 is 2. The van der Waals surface area contributed by atoms with E-state index in [1.54, 1.807) is 14.2 Å². The molecule has 0 aliphatic carbocycles. The SMILES string of the molecule is COCCN(Cc1ccccc1C)C(=O)[C@@H]1COc2cc(OC)ccc2C1. The second-order valence-electron chi connectivity index (χ2n) is 6.86. The van der Waals surface area contributed by atoms with Gasteiger partial charge in [0.05, 0.1) is 19.6 Å². The molecule has 0 aromatic heterocycles. The summed E-state index contributed by atoms with van der Waals surface area (Å²) in [5.74, 6) is 1.49. The molecule has 5 nitrogen and oxygen atoms in total. The molecule has 0 saturated heterocycles. The smallest absolute Gasteiger partial charge is 0.229 e. The number of hydrogen-bond acceptors (Lipinski definition) is 4. The second kappa shape index (κ2) is 8.91. The van der Waals surface area contributed by atoms with Gasteiger partial charge in [-0.05, 0) is 36.1 Å². The summed E-state index contributed by atoms with van der Waals surface area (Å²) in [4.78, 5) is 15.1. The zero-order valence-electron chi connectivity index (χ0n) is 16.2. The third-order valence-corrected chi connectivity index (χ3v) is 5.03. The lowest BCUT2D eigenvalue weighted by molar-refractivity contribution is -0.138. The van der Waals surface area contributed by atoms with Gasteiger partial charge in [-0.3, -0.25) is 4.79 Å². The van der Waals surface area contributed by atoms with Crippen LogP contribution in [0.5, 0.6) is 11.5 Å². The van der Waals surface area contributed by atoms with E-state index in [0.29, 0.717) is 32.7 Å². The monoisotopic (exact) mass is 369 g/mol. The molecule has 0 radical (unpaired) electrons. The number of ether oxygens (including phenoxy) is 3. The molecule has 2 aromatic rings. The fourth-order valence-corrected chi connectivity index (χ4v) is 3.36. The summed E-state index contributed by atoms with van der Waals surface area (Å²) in [7, 11) is 3.29. The Kier molecular flexibility index (Phi) is 6.35. The molecule has 3 rings (SSSR count). The van der Waals surface area contributed by atoms with Crippen LogP contribution in [-0.4, -0.2) is 44.8 Å². The highest BCUT2D eigenvalue weighted by Gasteiger charge is 2.30. The van der Waals surface area contributed by atoms with Crippen molar-refractivity contribution in [3.8, 4) is 11.5 Å². The van der Waals surface area contributed by atoms with Crippen LogP contribution in [-0.2, 0) is 22.5 Å². The first-order valence-electron chi connectivity index (χ1n) is 9.24. The van der Waals surface area contributed by atoms with Crippen molar-refractivity contribution in [2.24, 2.45) is 5.92 Å². The maximum Gasteiger partial charge on any atom is 0.229 e. The maximum absolute atomic E-state index is 13.2. The third kappa shape index (κ3) is 4.61. The highest BCUT2D eigenvalue weighted by molar-refractivity contribution is 5.80. The van der Waals surface area contributed by atoms with Gasteiger partial charge in [0.2, 0.25) is 5.91 Å². The molecular formula is C22H27NO4. The zero-order valence-corrected chi connectivity index (χ0v) is 16.2. The number of nitrogens with zero attached hydrogens (tertiary/aromatic N) is 1. The van der Waals surface area contributed by atoms with Gasteiger partial charge in [0.1, 0.15) is 18.1 Å². The van der Waals surface area contributed by atoms with Crippen molar-refractivity contribution < 1.29 is 19.0 Å². The van der Waals surface area contributed by atoms with Crippen molar-refractivity contribution in [2.45, 2.75) is 19.9 Å². The largest absolute Gasteiger partial charge is 0.497 e. The van der Waals surface area contributed by atoms with E-state index in [2.05, 4.69) is 19.1 Å². The molecule has 1 heterocycles. The lowest BCUT2D eigenvalue weighted by atomic mass is 9.95. The molecule has 0 spiro atoms. The second-order valence-corrected chi connectivity index (χ2v) is 6.86. The Morgan fingerprint density at radius 1 is 1.22 bits per heavy atom. The maximum atomic E-state index is 13.2. The summed E-state index contributed by atoms with van der Waals surface area (Å²) in [6, 6.07) is 13.9. The molecule has 2 aromatic carbocycles. The Bertz CT molecular complexity index is 790. The molecule has 0 unspecified atom stereocenters. The predicted molar refractivity (Wildman–Crippen MR) is 104 cm³/mol. The fourth-order valence-electron chi connectivity index (χ4n) is 3.36. The average Bonchev–Trinajstić information content (AvgIpc) is 2.71. The summed E-state index contributed by atoms with van der Waals surface area (Å²) in [6.07, 6.45) is 0.676. The molecular weight excluding hydrogens is 342 g/mol. The third-order valence-electron chi connectivity index (χ3n) is 5.03. The number of hydrogen-bond donors (Lipinski definition) is 0. The van der Waals surface area contributed by atoms with Crippen molar-refractivity contribution in [1.82, 2.24) is 4.90 Å². The number of carbonyl (C=O) groups excluding carboxylic acids is 1. The highest BCUT2D eigenvalue weighted by Crippen LogP contribution is 2.31. The van der Waals surface area contributed by atoms with E-state index in [9.17, 15) is 4.79 Å². The first-order valence-corrected chi connectivity index (χ1v) is 9.24. The van der Waals surface area contributed by atoms with Crippen molar-refractivity contribution in [3.63, 3.8) is 0 Å². The molecule has 0 saturated carbocycles. The number of carbonyl (C=O) groups is 1. The molecule has 0 N–H and O–H groups in total. The molecule has 1 aliphatic heterocycles. The lowest BCUT2D eigenvalue weighted by Crippen LogP contribution is -2.42. The summed E-state index contributed by atoms with van der Waals surface area (Å²) >= 11 is 0. The summed E-state index contributed by atoms with van der Waals surface area (Å²) < 4.78 is 16.3. The van der Waals surface area contributed by atoms with E-state index in [1.165, 1.54) is 5.56 Å². The van der Waals surface area contributed by atoms with Gasteiger partial charge in [0.15, 0.2) is 0 Å². The molecule has 0 fully saturated rings. The standard InChI is InChI=1S/C22H27NO4/c1-16-6-4-5-7-18(16)14-23(10-11-25-2)22(24)19-12-17-8-9-20(26-3)13-21(17)27-15-19/h4-9,13,19H,10-12,14-15H2,1-3H3/t19-/m0/s1. The molecule has 144 valence electrons. The van der Waals surface area contributed by atoms with Crippen molar-refractivity contribution >= 4 is 5.91 Å². The van der Waals surface area contributed by atoms with E-state index in [4.69, 9.17) is 14.2 Å².